The van der Waals surface area contributed by atoms with E-state index in [1.165, 1.54) is 121 Å². The van der Waals surface area contributed by atoms with Gasteiger partial charge in [-0.15, -0.1) is 0 Å². The van der Waals surface area contributed by atoms with E-state index in [0.717, 1.165) is 0 Å². The molecule has 59 heavy (non-hydrogen) atoms. The van der Waals surface area contributed by atoms with Gasteiger partial charge in [0.2, 0.25) is 0 Å². The summed E-state index contributed by atoms with van der Waals surface area (Å²) in [4.78, 5) is 0. The Morgan fingerprint density at radius 3 is 1.59 bits per heavy atom. The highest BCUT2D eigenvalue weighted by Crippen LogP contribution is 2.52. The molecule has 0 amide bonds. The maximum atomic E-state index is 2.49. The molecule has 0 fully saturated rings. The molecular formula is C59H40. The third-order valence-corrected chi connectivity index (χ3v) is 13.3. The van der Waals surface area contributed by atoms with E-state index in [2.05, 4.69) is 220 Å². The molecule has 0 spiro atoms. The summed E-state index contributed by atoms with van der Waals surface area (Å²) in [7, 11) is 0. The molecule has 0 saturated heterocycles. The molecular weight excluding hydrogens is 709 g/mol. The van der Waals surface area contributed by atoms with Gasteiger partial charge in [0.05, 0.1) is 0 Å². The normalized spacial score (nSPS) is 13.1. The van der Waals surface area contributed by atoms with Gasteiger partial charge in [0.15, 0.2) is 0 Å². The fraction of sp³-hybridized carbons (Fsp3) is 0.0508. The van der Waals surface area contributed by atoms with Crippen LogP contribution in [0.3, 0.4) is 0 Å². The van der Waals surface area contributed by atoms with Gasteiger partial charge in [-0.2, -0.15) is 0 Å². The highest BCUT2D eigenvalue weighted by Gasteiger charge is 2.35. The van der Waals surface area contributed by atoms with Gasteiger partial charge in [-0.3, -0.25) is 0 Å². The Labute approximate surface area is 344 Å². The van der Waals surface area contributed by atoms with Gasteiger partial charge in [-0.1, -0.05) is 202 Å². The number of hydrogen-bond donors (Lipinski definition) is 0. The van der Waals surface area contributed by atoms with E-state index in [4.69, 9.17) is 0 Å². The molecule has 0 heterocycles. The van der Waals surface area contributed by atoms with Gasteiger partial charge in [0, 0.05) is 5.41 Å². The van der Waals surface area contributed by atoms with Crippen molar-refractivity contribution in [2.24, 2.45) is 0 Å². The minimum Gasteiger partial charge on any atom is -0.0619 e. The Hall–Kier alpha value is -7.28. The van der Waals surface area contributed by atoms with Crippen LogP contribution in [0, 0.1) is 0 Å². The SMILES string of the molecule is CC1(C)c2ccccc2-c2ccc(-c3c4ccccc4c(-c4ccc(-c5ccc6ccccc6c5)c5ccccc45)c4ccc(-c5cccc6ccccc56)cc34)cc21. The molecule has 0 N–H and O–H groups in total. The predicted octanol–water partition coefficient (Wildman–Crippen LogP) is 16.4. The van der Waals surface area contributed by atoms with Gasteiger partial charge in [0.25, 0.3) is 0 Å². The first-order chi connectivity index (χ1) is 29.0. The summed E-state index contributed by atoms with van der Waals surface area (Å²) in [6.07, 6.45) is 0. The monoisotopic (exact) mass is 748 g/mol. The van der Waals surface area contributed by atoms with Crippen LogP contribution in [0.1, 0.15) is 25.0 Å². The van der Waals surface area contributed by atoms with E-state index in [9.17, 15) is 0 Å². The highest BCUT2D eigenvalue weighted by atomic mass is 14.4. The van der Waals surface area contributed by atoms with Crippen LogP contribution in [0.2, 0.25) is 0 Å². The summed E-state index contributed by atoms with van der Waals surface area (Å²) >= 11 is 0. The molecule has 11 aromatic rings. The van der Waals surface area contributed by atoms with Gasteiger partial charge >= 0.3 is 0 Å². The van der Waals surface area contributed by atoms with Gasteiger partial charge < -0.3 is 0 Å². The molecule has 11 aromatic carbocycles. The number of rotatable bonds is 4. The minimum atomic E-state index is -0.104. The third kappa shape index (κ3) is 5.09. The third-order valence-electron chi connectivity index (χ3n) is 13.3. The molecule has 12 rings (SSSR count). The van der Waals surface area contributed by atoms with E-state index in [1.54, 1.807) is 0 Å². The van der Waals surface area contributed by atoms with Crippen molar-refractivity contribution in [3.63, 3.8) is 0 Å². The summed E-state index contributed by atoms with van der Waals surface area (Å²) in [6, 6.07) is 77.2. The highest BCUT2D eigenvalue weighted by molar-refractivity contribution is 6.25. The molecule has 276 valence electrons. The topological polar surface area (TPSA) is 0 Å². The fourth-order valence-electron chi connectivity index (χ4n) is 10.4. The van der Waals surface area contributed by atoms with Crippen LogP contribution in [0.15, 0.2) is 206 Å². The molecule has 0 unspecified atom stereocenters. The average molecular weight is 749 g/mol. The average Bonchev–Trinajstić information content (AvgIpc) is 3.52. The lowest BCUT2D eigenvalue weighted by atomic mass is 9.80. The van der Waals surface area contributed by atoms with Crippen molar-refractivity contribution in [3.05, 3.63) is 217 Å². The largest absolute Gasteiger partial charge is 0.0619 e. The number of hydrogen-bond acceptors (Lipinski definition) is 0. The van der Waals surface area contributed by atoms with E-state index in [0.29, 0.717) is 0 Å². The van der Waals surface area contributed by atoms with Crippen LogP contribution in [-0.2, 0) is 5.41 Å². The first-order valence-electron chi connectivity index (χ1n) is 20.8. The van der Waals surface area contributed by atoms with Crippen LogP contribution < -0.4 is 0 Å². The van der Waals surface area contributed by atoms with Gasteiger partial charge in [-0.25, -0.2) is 0 Å². The van der Waals surface area contributed by atoms with Crippen LogP contribution in [0.4, 0.5) is 0 Å². The maximum absolute atomic E-state index is 2.49. The van der Waals surface area contributed by atoms with Crippen LogP contribution >= 0.6 is 0 Å². The van der Waals surface area contributed by atoms with Crippen LogP contribution in [0.25, 0.3) is 109 Å². The first kappa shape index (κ1) is 33.8. The van der Waals surface area contributed by atoms with Crippen molar-refractivity contribution in [1.29, 1.82) is 0 Å². The number of benzene rings is 11. The zero-order valence-corrected chi connectivity index (χ0v) is 33.1. The van der Waals surface area contributed by atoms with Crippen molar-refractivity contribution in [1.82, 2.24) is 0 Å². The van der Waals surface area contributed by atoms with E-state index >= 15 is 0 Å². The molecule has 0 heteroatoms. The Balaban J connectivity index is 1.16. The zero-order valence-electron chi connectivity index (χ0n) is 33.1. The van der Waals surface area contributed by atoms with Gasteiger partial charge in [0.1, 0.15) is 0 Å². The molecule has 0 saturated carbocycles. The maximum Gasteiger partial charge on any atom is 0.0159 e. The summed E-state index contributed by atoms with van der Waals surface area (Å²) in [5, 5.41) is 12.6. The van der Waals surface area contributed by atoms with Gasteiger partial charge in [-0.05, 0) is 139 Å². The van der Waals surface area contributed by atoms with Crippen LogP contribution in [-0.4, -0.2) is 0 Å². The quantitative estimate of drug-likeness (QED) is 0.157. The lowest BCUT2D eigenvalue weighted by Gasteiger charge is -2.23. The molecule has 0 nitrogen and oxygen atoms in total. The Morgan fingerprint density at radius 1 is 0.254 bits per heavy atom. The molecule has 1 aliphatic rings. The van der Waals surface area contributed by atoms with Crippen molar-refractivity contribution >= 4 is 53.9 Å². The van der Waals surface area contributed by atoms with Crippen molar-refractivity contribution in [2.75, 3.05) is 0 Å². The van der Waals surface area contributed by atoms with Crippen molar-refractivity contribution in [3.8, 4) is 55.6 Å². The second kappa shape index (κ2) is 12.9. The van der Waals surface area contributed by atoms with E-state index in [1.807, 2.05) is 0 Å². The molecule has 0 aliphatic heterocycles. The van der Waals surface area contributed by atoms with Crippen molar-refractivity contribution in [2.45, 2.75) is 19.3 Å². The Morgan fingerprint density at radius 2 is 0.763 bits per heavy atom. The smallest absolute Gasteiger partial charge is 0.0159 e. The molecule has 1 aliphatic carbocycles. The predicted molar refractivity (Wildman–Crippen MR) is 253 cm³/mol. The Bertz CT molecular complexity index is 3520. The standard InChI is InChI=1S/C59H40/c1-59(2)55-25-12-11-21-48(55)49-30-29-42(36-56(49)59)57-50-22-9-10-23-51(50)58(53-31-28-41(35-54(53)57)44-24-13-17-38-15-5-6-18-43(38)44)52-33-32-45(46-19-7-8-20-47(46)52)40-27-26-37-14-3-4-16-39(37)34-40/h3-36H,1-2H3. The lowest BCUT2D eigenvalue weighted by molar-refractivity contribution is 0.660. The molecule has 0 atom stereocenters. The van der Waals surface area contributed by atoms with Crippen LogP contribution in [0.5, 0.6) is 0 Å². The first-order valence-corrected chi connectivity index (χ1v) is 20.8. The van der Waals surface area contributed by atoms with E-state index in [-0.39, 0.29) is 5.41 Å². The summed E-state index contributed by atoms with van der Waals surface area (Å²) in [5.74, 6) is 0. The summed E-state index contributed by atoms with van der Waals surface area (Å²) < 4.78 is 0. The molecule has 0 bridgehead atoms. The summed E-state index contributed by atoms with van der Waals surface area (Å²) in [6.45, 7) is 4.76. The molecule has 0 radical (unpaired) electrons. The molecule has 0 aromatic heterocycles. The number of fused-ring (bicyclic) bond motifs is 8. The minimum absolute atomic E-state index is 0.104. The lowest BCUT2D eigenvalue weighted by Crippen LogP contribution is -2.14. The zero-order chi connectivity index (χ0) is 39.2. The fourth-order valence-corrected chi connectivity index (χ4v) is 10.4. The Kier molecular flexibility index (Phi) is 7.38. The summed E-state index contributed by atoms with van der Waals surface area (Å²) in [5.41, 5.74) is 15.4. The second-order valence-corrected chi connectivity index (χ2v) is 16.8. The second-order valence-electron chi connectivity index (χ2n) is 16.8. The van der Waals surface area contributed by atoms with E-state index < -0.39 is 0 Å². The van der Waals surface area contributed by atoms with Crippen molar-refractivity contribution < 1.29 is 0 Å².